The highest BCUT2D eigenvalue weighted by Crippen LogP contribution is 2.24. The second-order valence-electron chi connectivity index (χ2n) is 7.29. The maximum absolute atomic E-state index is 12.6. The minimum Gasteiger partial charge on any atom is -0.497 e. The van der Waals surface area contributed by atoms with Crippen molar-refractivity contribution in [3.63, 3.8) is 0 Å². The number of carbonyl (C=O) groups is 2. The number of hydrogen-bond donors (Lipinski definition) is 2. The summed E-state index contributed by atoms with van der Waals surface area (Å²) in [5, 5.41) is 5.71. The summed E-state index contributed by atoms with van der Waals surface area (Å²) in [7, 11) is 1.57. The van der Waals surface area contributed by atoms with Gasteiger partial charge in [0, 0.05) is 23.0 Å². The molecule has 6 heteroatoms. The number of methoxy groups -OCH3 is 1. The number of para-hydroxylation sites is 1. The summed E-state index contributed by atoms with van der Waals surface area (Å²) >= 11 is 0. The molecule has 0 atom stereocenters. The fourth-order valence-corrected chi connectivity index (χ4v) is 3.06. The van der Waals surface area contributed by atoms with Gasteiger partial charge in [-0.25, -0.2) is 0 Å². The smallest absolute Gasteiger partial charge is 0.262 e. The molecule has 0 spiro atoms. The van der Waals surface area contributed by atoms with E-state index in [1.54, 1.807) is 55.6 Å². The average molecular weight is 418 g/mol. The monoisotopic (exact) mass is 418 g/mol. The average Bonchev–Trinajstić information content (AvgIpc) is 2.78. The molecular weight excluding hydrogens is 392 g/mol. The molecule has 0 aromatic heterocycles. The van der Waals surface area contributed by atoms with Crippen LogP contribution in [0.1, 0.15) is 35.7 Å². The summed E-state index contributed by atoms with van der Waals surface area (Å²) in [5.41, 5.74) is 3.02. The Kier molecular flexibility index (Phi) is 7.27. The number of rotatable bonds is 8. The van der Waals surface area contributed by atoms with E-state index in [1.165, 1.54) is 0 Å². The summed E-state index contributed by atoms with van der Waals surface area (Å²) < 4.78 is 10.7. The second-order valence-corrected chi connectivity index (χ2v) is 7.29. The maximum atomic E-state index is 12.6. The third-order valence-electron chi connectivity index (χ3n) is 4.67. The van der Waals surface area contributed by atoms with Crippen LogP contribution in [0.25, 0.3) is 0 Å². The minimum atomic E-state index is -0.291. The van der Waals surface area contributed by atoms with Crippen molar-refractivity contribution in [2.75, 3.05) is 24.4 Å². The first-order chi connectivity index (χ1) is 15.0. The van der Waals surface area contributed by atoms with Crippen LogP contribution in [0.4, 0.5) is 11.4 Å². The van der Waals surface area contributed by atoms with Gasteiger partial charge in [0.05, 0.1) is 7.11 Å². The normalized spacial score (nSPS) is 10.5. The van der Waals surface area contributed by atoms with Crippen LogP contribution in [0.5, 0.6) is 11.5 Å². The van der Waals surface area contributed by atoms with E-state index in [0.717, 1.165) is 11.3 Å². The molecule has 2 N–H and O–H groups in total. The van der Waals surface area contributed by atoms with Gasteiger partial charge in [-0.1, -0.05) is 38.1 Å². The lowest BCUT2D eigenvalue weighted by Gasteiger charge is -2.14. The Morgan fingerprint density at radius 1 is 0.871 bits per heavy atom. The largest absolute Gasteiger partial charge is 0.497 e. The Morgan fingerprint density at radius 3 is 2.32 bits per heavy atom. The lowest BCUT2D eigenvalue weighted by Crippen LogP contribution is -2.20. The van der Waals surface area contributed by atoms with Gasteiger partial charge in [0.2, 0.25) is 0 Å². The zero-order valence-corrected chi connectivity index (χ0v) is 17.8. The molecule has 2 amide bonds. The highest BCUT2D eigenvalue weighted by Gasteiger charge is 2.11. The predicted octanol–water partition coefficient (Wildman–Crippen LogP) is 5.09. The van der Waals surface area contributed by atoms with Crippen LogP contribution >= 0.6 is 0 Å². The van der Waals surface area contributed by atoms with Crippen molar-refractivity contribution < 1.29 is 19.1 Å². The molecule has 0 heterocycles. The fourth-order valence-electron chi connectivity index (χ4n) is 3.06. The van der Waals surface area contributed by atoms with E-state index < -0.39 is 0 Å². The SMILES string of the molecule is COc1cccc(NC(=O)COc2ccc(C(=O)Nc3ccccc3C(C)C)cc2)c1. The van der Waals surface area contributed by atoms with E-state index in [2.05, 4.69) is 24.5 Å². The molecule has 0 bridgehead atoms. The number of amides is 2. The van der Waals surface area contributed by atoms with Gasteiger partial charge in [-0.2, -0.15) is 0 Å². The zero-order chi connectivity index (χ0) is 22.2. The molecule has 0 fully saturated rings. The van der Waals surface area contributed by atoms with Crippen LogP contribution in [-0.2, 0) is 4.79 Å². The Bertz CT molecular complexity index is 1050. The first-order valence-corrected chi connectivity index (χ1v) is 10.0. The number of benzene rings is 3. The molecule has 0 saturated carbocycles. The van der Waals surface area contributed by atoms with Gasteiger partial charge in [-0.05, 0) is 53.9 Å². The molecule has 0 radical (unpaired) electrons. The Balaban J connectivity index is 1.55. The molecule has 3 aromatic rings. The second kappa shape index (κ2) is 10.3. The van der Waals surface area contributed by atoms with Gasteiger partial charge in [-0.3, -0.25) is 9.59 Å². The molecule has 0 aliphatic heterocycles. The van der Waals surface area contributed by atoms with Crippen molar-refractivity contribution in [1.29, 1.82) is 0 Å². The van der Waals surface area contributed by atoms with Gasteiger partial charge < -0.3 is 20.1 Å². The lowest BCUT2D eigenvalue weighted by atomic mass is 10.0. The molecule has 0 aliphatic rings. The first-order valence-electron chi connectivity index (χ1n) is 10.0. The zero-order valence-electron chi connectivity index (χ0n) is 17.8. The Hall–Kier alpha value is -3.80. The van der Waals surface area contributed by atoms with Crippen molar-refractivity contribution >= 4 is 23.2 Å². The molecule has 0 unspecified atom stereocenters. The number of anilines is 2. The molecule has 160 valence electrons. The van der Waals surface area contributed by atoms with Crippen LogP contribution in [0.15, 0.2) is 72.8 Å². The lowest BCUT2D eigenvalue weighted by molar-refractivity contribution is -0.118. The van der Waals surface area contributed by atoms with Crippen LogP contribution in [0.3, 0.4) is 0 Å². The maximum Gasteiger partial charge on any atom is 0.262 e. The topological polar surface area (TPSA) is 76.7 Å². The van der Waals surface area contributed by atoms with Gasteiger partial charge in [0.25, 0.3) is 11.8 Å². The van der Waals surface area contributed by atoms with E-state index in [9.17, 15) is 9.59 Å². The summed E-state index contributed by atoms with van der Waals surface area (Å²) in [6, 6.07) is 21.5. The quantitative estimate of drug-likeness (QED) is 0.534. The third kappa shape index (κ3) is 6.09. The van der Waals surface area contributed by atoms with Gasteiger partial charge >= 0.3 is 0 Å². The summed E-state index contributed by atoms with van der Waals surface area (Å²) in [5.74, 6) is 0.967. The third-order valence-corrected chi connectivity index (χ3v) is 4.67. The van der Waals surface area contributed by atoms with Gasteiger partial charge in [0.15, 0.2) is 6.61 Å². The van der Waals surface area contributed by atoms with Crippen molar-refractivity contribution in [3.05, 3.63) is 83.9 Å². The summed E-state index contributed by atoms with van der Waals surface area (Å²) in [4.78, 5) is 24.7. The van der Waals surface area contributed by atoms with Crippen LogP contribution in [-0.4, -0.2) is 25.5 Å². The molecule has 3 rings (SSSR count). The van der Waals surface area contributed by atoms with E-state index in [0.29, 0.717) is 28.7 Å². The molecular formula is C25H26N2O4. The first kappa shape index (κ1) is 21.9. The van der Waals surface area contributed by atoms with Gasteiger partial charge in [0.1, 0.15) is 11.5 Å². The van der Waals surface area contributed by atoms with Gasteiger partial charge in [-0.15, -0.1) is 0 Å². The molecule has 0 aliphatic carbocycles. The van der Waals surface area contributed by atoms with Crippen molar-refractivity contribution in [2.24, 2.45) is 0 Å². The molecule has 0 saturated heterocycles. The van der Waals surface area contributed by atoms with Crippen molar-refractivity contribution in [1.82, 2.24) is 0 Å². The highest BCUT2D eigenvalue weighted by molar-refractivity contribution is 6.04. The Labute approximate surface area is 182 Å². The van der Waals surface area contributed by atoms with Crippen LogP contribution < -0.4 is 20.1 Å². The van der Waals surface area contributed by atoms with Crippen LogP contribution in [0, 0.1) is 0 Å². The number of ether oxygens (including phenoxy) is 2. The highest BCUT2D eigenvalue weighted by atomic mass is 16.5. The molecule has 3 aromatic carbocycles. The summed E-state index contributed by atoms with van der Waals surface area (Å²) in [6.07, 6.45) is 0. The fraction of sp³-hybridized carbons (Fsp3) is 0.200. The number of hydrogen-bond acceptors (Lipinski definition) is 4. The molecule has 31 heavy (non-hydrogen) atoms. The van der Waals surface area contributed by atoms with Crippen molar-refractivity contribution in [3.8, 4) is 11.5 Å². The number of carbonyl (C=O) groups excluding carboxylic acids is 2. The van der Waals surface area contributed by atoms with E-state index in [-0.39, 0.29) is 18.4 Å². The number of nitrogens with one attached hydrogen (secondary N) is 2. The predicted molar refractivity (Wildman–Crippen MR) is 122 cm³/mol. The van der Waals surface area contributed by atoms with Crippen molar-refractivity contribution in [2.45, 2.75) is 19.8 Å². The molecule has 6 nitrogen and oxygen atoms in total. The van der Waals surface area contributed by atoms with Crippen LogP contribution in [0.2, 0.25) is 0 Å². The Morgan fingerprint density at radius 2 is 1.61 bits per heavy atom. The standard InChI is InChI=1S/C25H26N2O4/c1-17(2)22-9-4-5-10-23(22)27-25(29)18-11-13-20(14-12-18)31-16-24(28)26-19-7-6-8-21(15-19)30-3/h4-15,17H,16H2,1-3H3,(H,26,28)(H,27,29). The van der Waals surface area contributed by atoms with E-state index in [1.807, 2.05) is 24.3 Å². The van der Waals surface area contributed by atoms with E-state index in [4.69, 9.17) is 9.47 Å². The summed E-state index contributed by atoms with van der Waals surface area (Å²) in [6.45, 7) is 4.02. The van der Waals surface area contributed by atoms with E-state index >= 15 is 0 Å². The minimum absolute atomic E-state index is 0.148.